The number of rotatable bonds is 13. The predicted octanol–water partition coefficient (Wildman–Crippen LogP) is 0.772. The number of thioether (sulfide) groups is 1. The number of carbonyl (C=O) groups is 6. The van der Waals surface area contributed by atoms with E-state index in [0.29, 0.717) is 37.8 Å². The molecule has 234 valence electrons. The maximum Gasteiger partial charge on any atom is 0.336 e. The maximum atomic E-state index is 12.8. The summed E-state index contributed by atoms with van der Waals surface area (Å²) in [6.07, 6.45) is 3.77. The number of carboxylic acids is 3. The number of aliphatic carboxylic acids is 3. The van der Waals surface area contributed by atoms with E-state index in [-0.39, 0.29) is 17.1 Å². The topological polar surface area (TPSA) is 205 Å². The monoisotopic (exact) mass is 604 g/mol. The van der Waals surface area contributed by atoms with Crippen LogP contribution in [0.5, 0.6) is 0 Å². The molecule has 5 N–H and O–H groups in total. The van der Waals surface area contributed by atoms with Crippen molar-refractivity contribution < 1.29 is 49.2 Å². The van der Waals surface area contributed by atoms with E-state index in [4.69, 9.17) is 20.4 Å². The minimum absolute atomic E-state index is 0.0182. The summed E-state index contributed by atoms with van der Waals surface area (Å²) in [5.41, 5.74) is -2.74. The van der Waals surface area contributed by atoms with Crippen LogP contribution < -0.4 is 5.32 Å². The Labute approximate surface area is 244 Å². The molecular weight excluding hydrogens is 560 g/mol. The van der Waals surface area contributed by atoms with E-state index in [1.54, 1.807) is 18.7 Å². The van der Waals surface area contributed by atoms with Crippen molar-refractivity contribution in [1.29, 1.82) is 0 Å². The Bertz CT molecular complexity index is 904. The standard InChI is InChI=1S/C20H36N4O3S.C6H8O7/c1-16(19(26)23-12-10-22(3)11-13-23)21-20(27)24(14-15-28-17(2)25)9-8-18-6-4-5-7-18;7-3(8)1-6(13,5(11)12)2-4(9)10/h16,18H,4-15H2,1-3H3,(H,21,27);13H,1-2H2,(H,7,8)(H,9,10)(H,11,12)/t16-;/m0./s1. The van der Waals surface area contributed by atoms with Crippen molar-refractivity contribution in [2.24, 2.45) is 5.92 Å². The summed E-state index contributed by atoms with van der Waals surface area (Å²) in [6.45, 7) is 7.65. The number of nitrogens with zero attached hydrogens (tertiary/aromatic N) is 3. The van der Waals surface area contributed by atoms with Gasteiger partial charge in [-0.2, -0.15) is 0 Å². The second kappa shape index (κ2) is 17.8. The predicted molar refractivity (Wildman–Crippen MR) is 150 cm³/mol. The van der Waals surface area contributed by atoms with Gasteiger partial charge >= 0.3 is 23.9 Å². The zero-order valence-corrected chi connectivity index (χ0v) is 24.9. The molecule has 3 amide bonds. The summed E-state index contributed by atoms with van der Waals surface area (Å²) in [7, 11) is 2.05. The van der Waals surface area contributed by atoms with Crippen molar-refractivity contribution in [2.45, 2.75) is 70.4 Å². The summed E-state index contributed by atoms with van der Waals surface area (Å²) in [4.78, 5) is 73.0. The van der Waals surface area contributed by atoms with Crippen molar-refractivity contribution in [2.75, 3.05) is 52.1 Å². The molecule has 1 aliphatic heterocycles. The van der Waals surface area contributed by atoms with E-state index in [2.05, 4.69) is 10.2 Å². The highest BCUT2D eigenvalue weighted by atomic mass is 32.2. The number of hydrogen-bond acceptors (Lipinski definition) is 9. The van der Waals surface area contributed by atoms with Crippen LogP contribution in [-0.4, -0.2) is 134 Å². The molecule has 2 aliphatic rings. The molecule has 1 saturated heterocycles. The molecule has 15 heteroatoms. The van der Waals surface area contributed by atoms with Crippen molar-refractivity contribution in [3.8, 4) is 0 Å². The largest absolute Gasteiger partial charge is 0.481 e. The van der Waals surface area contributed by atoms with Gasteiger partial charge < -0.3 is 40.4 Å². The number of hydrogen-bond donors (Lipinski definition) is 5. The van der Waals surface area contributed by atoms with Gasteiger partial charge in [0.15, 0.2) is 10.7 Å². The number of likely N-dealkylation sites (N-methyl/N-ethyl adjacent to an activating group) is 1. The summed E-state index contributed by atoms with van der Waals surface area (Å²) in [6, 6.07) is -0.734. The fraction of sp³-hybridized carbons (Fsp3) is 0.769. The Morgan fingerprint density at radius 1 is 0.951 bits per heavy atom. The molecule has 1 heterocycles. The molecule has 1 aliphatic carbocycles. The van der Waals surface area contributed by atoms with Gasteiger partial charge in [0.1, 0.15) is 6.04 Å². The van der Waals surface area contributed by atoms with E-state index in [1.165, 1.54) is 37.4 Å². The Morgan fingerprint density at radius 3 is 1.95 bits per heavy atom. The SMILES string of the molecule is CC(=O)SCCN(CCC1CCCC1)C(=O)N[C@@H](C)C(=O)N1CCN(C)CC1.O=C(O)CC(O)(CC(=O)O)C(=O)O. The van der Waals surface area contributed by atoms with E-state index in [9.17, 15) is 28.8 Å². The summed E-state index contributed by atoms with van der Waals surface area (Å²) < 4.78 is 0. The number of amides is 3. The molecule has 1 atom stereocenters. The van der Waals surface area contributed by atoms with Gasteiger partial charge in [0, 0.05) is 51.9 Å². The Balaban J connectivity index is 0.000000545. The third kappa shape index (κ3) is 14.0. The van der Waals surface area contributed by atoms with Gasteiger partial charge in [-0.05, 0) is 26.3 Å². The first-order valence-corrected chi connectivity index (χ1v) is 14.7. The third-order valence-corrected chi connectivity index (χ3v) is 7.84. The first-order valence-electron chi connectivity index (χ1n) is 13.7. The zero-order valence-electron chi connectivity index (χ0n) is 24.0. The first kappa shape index (κ1) is 36.1. The minimum Gasteiger partial charge on any atom is -0.481 e. The first-order chi connectivity index (χ1) is 19.1. The van der Waals surface area contributed by atoms with Gasteiger partial charge in [0.25, 0.3) is 0 Å². The van der Waals surface area contributed by atoms with Gasteiger partial charge in [-0.1, -0.05) is 37.4 Å². The number of carboxylic acid groups (broad SMARTS) is 3. The van der Waals surface area contributed by atoms with Crippen molar-refractivity contribution in [3.63, 3.8) is 0 Å². The van der Waals surface area contributed by atoms with Crippen LogP contribution in [-0.2, 0) is 24.0 Å². The smallest absolute Gasteiger partial charge is 0.336 e. The van der Waals surface area contributed by atoms with Gasteiger partial charge in [-0.3, -0.25) is 19.2 Å². The molecule has 0 unspecified atom stereocenters. The average molecular weight is 605 g/mol. The quantitative estimate of drug-likeness (QED) is 0.198. The van der Waals surface area contributed by atoms with Gasteiger partial charge in [0.2, 0.25) is 5.91 Å². The van der Waals surface area contributed by atoms with Crippen LogP contribution >= 0.6 is 11.8 Å². The highest BCUT2D eigenvalue weighted by Crippen LogP contribution is 2.27. The number of carbonyl (C=O) groups excluding carboxylic acids is 3. The number of piperazine rings is 1. The van der Waals surface area contributed by atoms with Crippen LogP contribution in [0.1, 0.15) is 58.8 Å². The van der Waals surface area contributed by atoms with Crippen LogP contribution in [0.4, 0.5) is 4.79 Å². The molecule has 0 spiro atoms. The summed E-state index contributed by atoms with van der Waals surface area (Å²) in [5, 5.41) is 36.8. The number of urea groups is 1. The lowest BCUT2D eigenvalue weighted by Gasteiger charge is -2.34. The summed E-state index contributed by atoms with van der Waals surface area (Å²) in [5.74, 6) is -3.75. The molecule has 0 aromatic heterocycles. The second-order valence-electron chi connectivity index (χ2n) is 10.5. The van der Waals surface area contributed by atoms with Gasteiger partial charge in [-0.15, -0.1) is 0 Å². The zero-order chi connectivity index (χ0) is 31.2. The molecule has 0 aromatic carbocycles. The van der Waals surface area contributed by atoms with Crippen molar-refractivity contribution >= 4 is 46.7 Å². The Morgan fingerprint density at radius 2 is 1.49 bits per heavy atom. The van der Waals surface area contributed by atoms with Crippen LogP contribution in [0.25, 0.3) is 0 Å². The molecule has 14 nitrogen and oxygen atoms in total. The normalized spacial score (nSPS) is 16.7. The van der Waals surface area contributed by atoms with Crippen LogP contribution in [0, 0.1) is 5.92 Å². The molecular formula is C26H44N4O10S. The highest BCUT2D eigenvalue weighted by Gasteiger charge is 2.40. The second-order valence-corrected chi connectivity index (χ2v) is 11.8. The molecule has 2 fully saturated rings. The lowest BCUT2D eigenvalue weighted by Crippen LogP contribution is -2.55. The van der Waals surface area contributed by atoms with Gasteiger partial charge in [-0.25, -0.2) is 9.59 Å². The fourth-order valence-electron chi connectivity index (χ4n) is 4.60. The molecule has 2 rings (SSSR count). The Hall–Kier alpha value is -2.91. The molecule has 0 aromatic rings. The lowest BCUT2D eigenvalue weighted by atomic mass is 9.96. The van der Waals surface area contributed by atoms with E-state index >= 15 is 0 Å². The van der Waals surface area contributed by atoms with Crippen LogP contribution in [0.2, 0.25) is 0 Å². The molecule has 0 radical (unpaired) electrons. The molecule has 0 bridgehead atoms. The van der Waals surface area contributed by atoms with Crippen molar-refractivity contribution in [1.82, 2.24) is 20.0 Å². The van der Waals surface area contributed by atoms with Gasteiger partial charge in [0.05, 0.1) is 12.8 Å². The van der Waals surface area contributed by atoms with Crippen LogP contribution in [0.3, 0.4) is 0 Å². The molecule has 1 saturated carbocycles. The fourth-order valence-corrected chi connectivity index (χ4v) is 5.20. The third-order valence-electron chi connectivity index (χ3n) is 7.05. The average Bonchev–Trinajstić information content (AvgIpc) is 3.39. The Kier molecular flexibility index (Phi) is 15.7. The van der Waals surface area contributed by atoms with E-state index in [1.807, 2.05) is 11.9 Å². The number of nitrogens with one attached hydrogen (secondary N) is 1. The highest BCUT2D eigenvalue weighted by molar-refractivity contribution is 8.13. The van der Waals surface area contributed by atoms with E-state index < -0.39 is 42.4 Å². The summed E-state index contributed by atoms with van der Waals surface area (Å²) >= 11 is 1.24. The van der Waals surface area contributed by atoms with Crippen LogP contribution in [0.15, 0.2) is 0 Å². The minimum atomic E-state index is -2.74. The molecule has 41 heavy (non-hydrogen) atoms. The maximum absolute atomic E-state index is 12.8. The lowest BCUT2D eigenvalue weighted by molar-refractivity contribution is -0.170. The van der Waals surface area contributed by atoms with Crippen molar-refractivity contribution in [3.05, 3.63) is 0 Å². The number of aliphatic hydroxyl groups is 1. The van der Waals surface area contributed by atoms with E-state index in [0.717, 1.165) is 19.5 Å².